The van der Waals surface area contributed by atoms with Crippen molar-refractivity contribution in [1.82, 2.24) is 14.8 Å². The molecule has 1 aliphatic heterocycles. The molecule has 1 unspecified atom stereocenters. The van der Waals surface area contributed by atoms with E-state index in [1.807, 2.05) is 60.1 Å². The van der Waals surface area contributed by atoms with Crippen molar-refractivity contribution in [3.05, 3.63) is 54.4 Å². The van der Waals surface area contributed by atoms with Crippen molar-refractivity contribution in [2.24, 2.45) is 7.05 Å². The van der Waals surface area contributed by atoms with Crippen LogP contribution in [0.15, 0.2) is 53.7 Å². The molecule has 1 atom stereocenters. The number of hydrogen-bond donors (Lipinski definition) is 0. The summed E-state index contributed by atoms with van der Waals surface area (Å²) in [5, 5.41) is 9.43. The Bertz CT molecular complexity index is 961. The van der Waals surface area contributed by atoms with Gasteiger partial charge in [-0.05, 0) is 42.8 Å². The van der Waals surface area contributed by atoms with Crippen LogP contribution in [-0.4, -0.2) is 40.3 Å². The molecule has 0 radical (unpaired) electrons. The fraction of sp³-hybridized carbons (Fsp3) is 0.364. The fourth-order valence-corrected chi connectivity index (χ4v) is 3.76. The summed E-state index contributed by atoms with van der Waals surface area (Å²) in [4.78, 5) is 0. The maximum Gasteiger partial charge on any atom is 0.192 e. The predicted octanol–water partition coefficient (Wildman–Crippen LogP) is 4.29. The lowest BCUT2D eigenvalue weighted by molar-refractivity contribution is 0.0825. The van der Waals surface area contributed by atoms with Gasteiger partial charge < -0.3 is 23.5 Å². The van der Waals surface area contributed by atoms with E-state index in [0.29, 0.717) is 13.2 Å². The van der Waals surface area contributed by atoms with Crippen molar-refractivity contribution < 1.29 is 18.9 Å². The molecular weight excluding hydrogens is 402 g/mol. The average Bonchev–Trinajstić information content (AvgIpc) is 3.16. The highest BCUT2D eigenvalue weighted by atomic mass is 32.2. The molecule has 158 valence electrons. The molecule has 2 heterocycles. The van der Waals surface area contributed by atoms with E-state index in [1.54, 1.807) is 11.8 Å². The Hall–Kier alpha value is -2.87. The third-order valence-corrected chi connectivity index (χ3v) is 5.53. The number of ether oxygens (including phenoxy) is 4. The van der Waals surface area contributed by atoms with Gasteiger partial charge in [-0.1, -0.05) is 30.8 Å². The Kier molecular flexibility index (Phi) is 6.63. The molecule has 8 heteroatoms. The molecule has 1 aliphatic rings. The Morgan fingerprint density at radius 1 is 1.00 bits per heavy atom. The molecule has 2 aromatic carbocycles. The van der Waals surface area contributed by atoms with Crippen LogP contribution in [-0.2, 0) is 7.05 Å². The van der Waals surface area contributed by atoms with Crippen LogP contribution >= 0.6 is 11.8 Å². The molecular formula is C22H25N3O4S. The van der Waals surface area contributed by atoms with E-state index >= 15 is 0 Å². The number of rotatable bonds is 9. The van der Waals surface area contributed by atoms with Gasteiger partial charge >= 0.3 is 0 Å². The molecule has 0 fully saturated rings. The number of aromatic nitrogens is 3. The standard InChI is InChI=1S/C22H25N3O4S/c1-3-12-26-16-8-10-17(11-9-16)27-13-14-30-22-24-23-21(25(22)2)20-15-28-18-6-4-5-7-19(18)29-20/h4-11,20H,3,12-15H2,1-2H3. The summed E-state index contributed by atoms with van der Waals surface area (Å²) in [7, 11) is 1.94. The van der Waals surface area contributed by atoms with Crippen molar-refractivity contribution in [1.29, 1.82) is 0 Å². The molecule has 0 N–H and O–H groups in total. The first kappa shape index (κ1) is 20.4. The molecule has 0 spiro atoms. The lowest BCUT2D eigenvalue weighted by Crippen LogP contribution is -2.24. The Morgan fingerprint density at radius 2 is 1.70 bits per heavy atom. The summed E-state index contributed by atoms with van der Waals surface area (Å²) in [5.41, 5.74) is 0. The Labute approximate surface area is 180 Å². The van der Waals surface area contributed by atoms with Gasteiger partial charge in [0.2, 0.25) is 0 Å². The molecule has 1 aromatic heterocycles. The number of fused-ring (bicyclic) bond motifs is 1. The topological polar surface area (TPSA) is 67.6 Å². The molecule has 0 aliphatic carbocycles. The highest BCUT2D eigenvalue weighted by Crippen LogP contribution is 2.35. The summed E-state index contributed by atoms with van der Waals surface area (Å²) < 4.78 is 25.2. The minimum atomic E-state index is -0.281. The highest BCUT2D eigenvalue weighted by molar-refractivity contribution is 7.99. The van der Waals surface area contributed by atoms with Gasteiger partial charge in [-0.2, -0.15) is 0 Å². The number of benzene rings is 2. The van der Waals surface area contributed by atoms with Crippen molar-refractivity contribution in [3.8, 4) is 23.0 Å². The Morgan fingerprint density at radius 3 is 2.43 bits per heavy atom. The molecule has 3 aromatic rings. The highest BCUT2D eigenvalue weighted by Gasteiger charge is 2.27. The van der Waals surface area contributed by atoms with E-state index < -0.39 is 0 Å². The van der Waals surface area contributed by atoms with Gasteiger partial charge in [-0.25, -0.2) is 0 Å². The second kappa shape index (κ2) is 9.75. The van der Waals surface area contributed by atoms with Gasteiger partial charge in [0.15, 0.2) is 28.6 Å². The quantitative estimate of drug-likeness (QED) is 0.373. The number of hydrogen-bond acceptors (Lipinski definition) is 7. The monoisotopic (exact) mass is 427 g/mol. The van der Waals surface area contributed by atoms with Gasteiger partial charge in [-0.15, -0.1) is 10.2 Å². The second-order valence-corrected chi connectivity index (χ2v) is 7.84. The van der Waals surface area contributed by atoms with E-state index in [9.17, 15) is 0 Å². The number of nitrogens with zero attached hydrogens (tertiary/aromatic N) is 3. The molecule has 7 nitrogen and oxygen atoms in total. The van der Waals surface area contributed by atoms with E-state index in [1.165, 1.54) is 0 Å². The fourth-order valence-electron chi connectivity index (χ4n) is 3.02. The average molecular weight is 428 g/mol. The van der Waals surface area contributed by atoms with Crippen LogP contribution in [0.2, 0.25) is 0 Å². The molecule has 0 amide bonds. The lowest BCUT2D eigenvalue weighted by atomic mass is 10.2. The summed E-state index contributed by atoms with van der Waals surface area (Å²) in [6.45, 7) is 3.79. The SMILES string of the molecule is CCCOc1ccc(OCCSc2nnc(C3COc4ccccc4O3)n2C)cc1. The Balaban J connectivity index is 1.27. The van der Waals surface area contributed by atoms with Crippen LogP contribution in [0, 0.1) is 0 Å². The van der Waals surface area contributed by atoms with Crippen LogP contribution in [0.3, 0.4) is 0 Å². The van der Waals surface area contributed by atoms with Gasteiger partial charge in [-0.3, -0.25) is 0 Å². The van der Waals surface area contributed by atoms with Crippen molar-refractivity contribution in [2.75, 3.05) is 25.6 Å². The summed E-state index contributed by atoms with van der Waals surface area (Å²) >= 11 is 1.59. The minimum Gasteiger partial charge on any atom is -0.494 e. The van der Waals surface area contributed by atoms with Crippen molar-refractivity contribution in [3.63, 3.8) is 0 Å². The molecule has 0 bridgehead atoms. The van der Waals surface area contributed by atoms with Crippen LogP contribution in [0.25, 0.3) is 0 Å². The maximum atomic E-state index is 6.04. The molecule has 0 saturated heterocycles. The van der Waals surface area contributed by atoms with Crippen molar-refractivity contribution >= 4 is 11.8 Å². The van der Waals surface area contributed by atoms with Gasteiger partial charge in [0, 0.05) is 12.8 Å². The smallest absolute Gasteiger partial charge is 0.192 e. The molecule has 30 heavy (non-hydrogen) atoms. The zero-order valence-corrected chi connectivity index (χ0v) is 17.9. The van der Waals surface area contributed by atoms with E-state index in [0.717, 1.165) is 52.8 Å². The zero-order chi connectivity index (χ0) is 20.8. The largest absolute Gasteiger partial charge is 0.494 e. The van der Waals surface area contributed by atoms with E-state index in [4.69, 9.17) is 18.9 Å². The van der Waals surface area contributed by atoms with Crippen molar-refractivity contribution in [2.45, 2.75) is 24.6 Å². The first-order valence-electron chi connectivity index (χ1n) is 10.0. The second-order valence-electron chi connectivity index (χ2n) is 6.78. The first-order valence-corrected chi connectivity index (χ1v) is 11.0. The maximum absolute atomic E-state index is 6.04. The van der Waals surface area contributed by atoms with Crippen LogP contribution in [0.1, 0.15) is 25.3 Å². The third kappa shape index (κ3) is 4.81. The predicted molar refractivity (Wildman–Crippen MR) is 115 cm³/mol. The normalized spacial score (nSPS) is 15.1. The van der Waals surface area contributed by atoms with Crippen LogP contribution in [0.5, 0.6) is 23.0 Å². The summed E-state index contributed by atoms with van der Waals surface area (Å²) in [6, 6.07) is 15.4. The van der Waals surface area contributed by atoms with Gasteiger partial charge in [0.1, 0.15) is 18.1 Å². The van der Waals surface area contributed by atoms with E-state index in [2.05, 4.69) is 17.1 Å². The zero-order valence-electron chi connectivity index (χ0n) is 17.1. The minimum absolute atomic E-state index is 0.281. The van der Waals surface area contributed by atoms with Gasteiger partial charge in [0.25, 0.3) is 0 Å². The van der Waals surface area contributed by atoms with Gasteiger partial charge in [0.05, 0.1) is 13.2 Å². The van der Waals surface area contributed by atoms with Crippen LogP contribution < -0.4 is 18.9 Å². The molecule has 0 saturated carbocycles. The van der Waals surface area contributed by atoms with E-state index in [-0.39, 0.29) is 6.10 Å². The van der Waals surface area contributed by atoms with Crippen LogP contribution in [0.4, 0.5) is 0 Å². The summed E-state index contributed by atoms with van der Waals surface area (Å²) in [5.74, 6) is 4.67. The molecule has 4 rings (SSSR count). The first-order chi connectivity index (χ1) is 14.7. The number of para-hydroxylation sites is 2. The number of thioether (sulfide) groups is 1. The third-order valence-electron chi connectivity index (χ3n) is 4.54. The summed E-state index contributed by atoms with van der Waals surface area (Å²) in [6.07, 6.45) is 0.711. The lowest BCUT2D eigenvalue weighted by Gasteiger charge is -2.25.